The molecule has 5 heteroatoms. The lowest BCUT2D eigenvalue weighted by molar-refractivity contribution is -0.0985. The topological polar surface area (TPSA) is 79.2 Å². The molecule has 1 fully saturated rings. The summed E-state index contributed by atoms with van der Waals surface area (Å²) in [5, 5.41) is 28.0. The lowest BCUT2D eigenvalue weighted by atomic mass is 9.97. The van der Waals surface area contributed by atoms with Crippen LogP contribution >= 0.6 is 0 Å². The highest BCUT2D eigenvalue weighted by Crippen LogP contribution is 2.27. The van der Waals surface area contributed by atoms with Crippen LogP contribution in [-0.2, 0) is 9.47 Å². The van der Waals surface area contributed by atoms with Crippen LogP contribution in [0.1, 0.15) is 12.8 Å². The zero-order valence-electron chi connectivity index (χ0n) is 8.32. The van der Waals surface area contributed by atoms with Crippen molar-refractivity contribution in [3.63, 3.8) is 0 Å². The van der Waals surface area contributed by atoms with Gasteiger partial charge in [-0.05, 0) is 0 Å². The van der Waals surface area contributed by atoms with Crippen molar-refractivity contribution in [3.05, 3.63) is 12.2 Å². The monoisotopic (exact) mass is 216 g/mol. The van der Waals surface area contributed by atoms with E-state index in [1.807, 2.05) is 0 Å². The van der Waals surface area contributed by atoms with Crippen LogP contribution in [-0.4, -0.2) is 52.6 Å². The quantitative estimate of drug-likeness (QED) is 0.498. The van der Waals surface area contributed by atoms with E-state index in [1.54, 1.807) is 12.2 Å². The van der Waals surface area contributed by atoms with Gasteiger partial charge in [0.25, 0.3) is 0 Å². The van der Waals surface area contributed by atoms with E-state index in [9.17, 15) is 10.2 Å². The zero-order valence-corrected chi connectivity index (χ0v) is 8.32. The van der Waals surface area contributed by atoms with Crippen LogP contribution in [0.3, 0.4) is 0 Å². The second-order valence-electron chi connectivity index (χ2n) is 3.95. The molecule has 0 aromatic heterocycles. The first-order valence-electron chi connectivity index (χ1n) is 5.15. The van der Waals surface area contributed by atoms with Crippen molar-refractivity contribution in [2.45, 2.75) is 43.5 Å². The van der Waals surface area contributed by atoms with Crippen LogP contribution < -0.4 is 0 Å². The van der Waals surface area contributed by atoms with Crippen LogP contribution in [0, 0.1) is 0 Å². The summed E-state index contributed by atoms with van der Waals surface area (Å²) in [6, 6.07) is 0. The molecule has 0 bridgehead atoms. The van der Waals surface area contributed by atoms with E-state index < -0.39 is 18.5 Å². The molecule has 1 aliphatic heterocycles. The van der Waals surface area contributed by atoms with Gasteiger partial charge in [0.1, 0.15) is 0 Å². The summed E-state index contributed by atoms with van der Waals surface area (Å²) < 4.78 is 10.8. The van der Waals surface area contributed by atoms with Crippen LogP contribution in [0.25, 0.3) is 0 Å². The summed E-state index contributed by atoms with van der Waals surface area (Å²) in [7, 11) is 0. The lowest BCUT2D eigenvalue weighted by Gasteiger charge is -2.22. The molecule has 0 aromatic rings. The second kappa shape index (κ2) is 4.59. The summed E-state index contributed by atoms with van der Waals surface area (Å²) in [6.07, 6.45) is 1.61. The van der Waals surface area contributed by atoms with Gasteiger partial charge in [0.05, 0.1) is 31.0 Å². The molecule has 0 radical (unpaired) electrons. The molecular formula is C10H16O5. The molecule has 1 saturated heterocycles. The fourth-order valence-electron chi connectivity index (χ4n) is 1.99. The first-order valence-corrected chi connectivity index (χ1v) is 5.15. The van der Waals surface area contributed by atoms with Crippen molar-refractivity contribution < 1.29 is 24.8 Å². The van der Waals surface area contributed by atoms with E-state index in [-0.39, 0.29) is 18.8 Å². The Hall–Kier alpha value is -0.460. The van der Waals surface area contributed by atoms with Crippen LogP contribution in [0.2, 0.25) is 0 Å². The Morgan fingerprint density at radius 2 is 1.47 bits per heavy atom. The lowest BCUT2D eigenvalue weighted by Crippen LogP contribution is -2.31. The van der Waals surface area contributed by atoms with Crippen molar-refractivity contribution in [2.24, 2.45) is 0 Å². The van der Waals surface area contributed by atoms with Crippen LogP contribution in [0.4, 0.5) is 0 Å². The second-order valence-corrected chi connectivity index (χ2v) is 3.95. The Kier molecular flexibility index (Phi) is 3.38. The van der Waals surface area contributed by atoms with Gasteiger partial charge >= 0.3 is 0 Å². The Balaban J connectivity index is 2.05. The number of fused-ring (bicyclic) bond motifs is 1. The molecule has 2 aliphatic rings. The van der Waals surface area contributed by atoms with Gasteiger partial charge in [-0.25, -0.2) is 0 Å². The summed E-state index contributed by atoms with van der Waals surface area (Å²) in [4.78, 5) is 0. The van der Waals surface area contributed by atoms with E-state index in [1.165, 1.54) is 0 Å². The Morgan fingerprint density at radius 3 is 1.87 bits per heavy atom. The molecule has 2 unspecified atom stereocenters. The Morgan fingerprint density at radius 1 is 1.00 bits per heavy atom. The van der Waals surface area contributed by atoms with E-state index in [2.05, 4.69) is 0 Å². The maximum atomic E-state index is 9.54. The molecule has 2 rings (SSSR count). The number of hydrogen-bond acceptors (Lipinski definition) is 5. The first kappa shape index (κ1) is 11.0. The Labute approximate surface area is 87.9 Å². The Bertz CT molecular complexity index is 220. The van der Waals surface area contributed by atoms with Crippen LogP contribution in [0.5, 0.6) is 0 Å². The summed E-state index contributed by atoms with van der Waals surface area (Å²) >= 11 is 0. The maximum Gasteiger partial charge on any atom is 0.181 e. The standard InChI is InChI=1S/C10H16O5/c11-5-10-14-8-3-6(12)1-2-7(13)4-9(8)15-10/h1-2,6-13H,3-5H2/b2-1+/t6-,7-,8?,9?,10?/m0/s1. The van der Waals surface area contributed by atoms with E-state index in [0.29, 0.717) is 12.8 Å². The minimum Gasteiger partial charge on any atom is -0.391 e. The van der Waals surface area contributed by atoms with Gasteiger partial charge in [-0.2, -0.15) is 0 Å². The van der Waals surface area contributed by atoms with Gasteiger partial charge in [0.2, 0.25) is 0 Å². The smallest absolute Gasteiger partial charge is 0.181 e. The molecule has 1 heterocycles. The minimum absolute atomic E-state index is 0.202. The van der Waals surface area contributed by atoms with Gasteiger partial charge in [-0.3, -0.25) is 0 Å². The predicted molar refractivity (Wildman–Crippen MR) is 51.0 cm³/mol. The van der Waals surface area contributed by atoms with Crippen molar-refractivity contribution in [1.82, 2.24) is 0 Å². The maximum absolute atomic E-state index is 9.54. The van der Waals surface area contributed by atoms with Crippen molar-refractivity contribution in [3.8, 4) is 0 Å². The van der Waals surface area contributed by atoms with Crippen molar-refractivity contribution in [2.75, 3.05) is 6.61 Å². The van der Waals surface area contributed by atoms with E-state index >= 15 is 0 Å². The highest BCUT2D eigenvalue weighted by molar-refractivity contribution is 5.00. The summed E-state index contributed by atoms with van der Waals surface area (Å²) in [5.41, 5.74) is 0. The molecular weight excluding hydrogens is 200 g/mol. The molecule has 0 aromatic carbocycles. The molecule has 15 heavy (non-hydrogen) atoms. The molecule has 86 valence electrons. The van der Waals surface area contributed by atoms with E-state index in [4.69, 9.17) is 14.6 Å². The number of aliphatic hydroxyl groups is 3. The van der Waals surface area contributed by atoms with E-state index in [0.717, 1.165) is 0 Å². The normalized spacial score (nSPS) is 48.1. The molecule has 3 N–H and O–H groups in total. The molecule has 0 amide bonds. The first-order chi connectivity index (χ1) is 7.19. The molecule has 0 spiro atoms. The average molecular weight is 216 g/mol. The number of rotatable bonds is 1. The third-order valence-electron chi connectivity index (χ3n) is 2.72. The minimum atomic E-state index is -0.631. The van der Waals surface area contributed by atoms with Gasteiger partial charge in [0.15, 0.2) is 6.29 Å². The predicted octanol–water partition coefficient (Wildman–Crippen LogP) is -0.839. The fourth-order valence-corrected chi connectivity index (χ4v) is 1.99. The number of ether oxygens (including phenoxy) is 2. The summed E-state index contributed by atoms with van der Waals surface area (Å²) in [5.74, 6) is 0. The largest absolute Gasteiger partial charge is 0.391 e. The molecule has 1 aliphatic carbocycles. The third-order valence-corrected chi connectivity index (χ3v) is 2.72. The van der Waals surface area contributed by atoms with Gasteiger partial charge in [-0.1, -0.05) is 12.2 Å². The summed E-state index contributed by atoms with van der Waals surface area (Å²) in [6.45, 7) is -0.202. The zero-order chi connectivity index (χ0) is 10.8. The number of aliphatic hydroxyl groups excluding tert-OH is 3. The highest BCUT2D eigenvalue weighted by atomic mass is 16.7. The van der Waals surface area contributed by atoms with Gasteiger partial charge in [-0.15, -0.1) is 0 Å². The van der Waals surface area contributed by atoms with Crippen LogP contribution in [0.15, 0.2) is 12.2 Å². The highest BCUT2D eigenvalue weighted by Gasteiger charge is 2.38. The molecule has 4 atom stereocenters. The fraction of sp³-hybridized carbons (Fsp3) is 0.800. The molecule has 0 saturated carbocycles. The number of hydrogen-bond donors (Lipinski definition) is 3. The SMILES string of the molecule is OCC1OC2C[C@@H](O)/C=C/[C@H](O)CC2O1. The third kappa shape index (κ3) is 2.56. The van der Waals surface area contributed by atoms with Gasteiger partial charge in [0, 0.05) is 12.8 Å². The van der Waals surface area contributed by atoms with Crippen molar-refractivity contribution in [1.29, 1.82) is 0 Å². The van der Waals surface area contributed by atoms with Gasteiger partial charge < -0.3 is 24.8 Å². The average Bonchev–Trinajstić information content (AvgIpc) is 2.56. The van der Waals surface area contributed by atoms with Crippen molar-refractivity contribution >= 4 is 0 Å². The molecule has 5 nitrogen and oxygen atoms in total.